The van der Waals surface area contributed by atoms with E-state index in [1.807, 2.05) is 27.7 Å². The fraction of sp³-hybridized carbons (Fsp3) is 0.700. The second-order valence-corrected chi connectivity index (χ2v) is 4.23. The van der Waals surface area contributed by atoms with Crippen LogP contribution in [0.25, 0.3) is 0 Å². The molecule has 3 nitrogen and oxygen atoms in total. The van der Waals surface area contributed by atoms with Crippen LogP contribution in [0.2, 0.25) is 0 Å². The minimum absolute atomic E-state index is 0.225. The molecule has 0 saturated heterocycles. The molecule has 0 saturated carbocycles. The molecule has 76 valence electrons. The van der Waals surface area contributed by atoms with Crippen LogP contribution < -0.4 is 11.5 Å². The Morgan fingerprint density at radius 2 is 1.85 bits per heavy atom. The first-order chi connectivity index (χ1) is 5.73. The molecule has 3 heteroatoms. The van der Waals surface area contributed by atoms with E-state index in [9.17, 15) is 4.79 Å². The first-order valence-electron chi connectivity index (χ1n) is 4.50. The van der Waals surface area contributed by atoms with Gasteiger partial charge >= 0.3 is 0 Å². The lowest BCUT2D eigenvalue weighted by Crippen LogP contribution is -2.48. The van der Waals surface area contributed by atoms with Crippen LogP contribution in [0.3, 0.4) is 0 Å². The molecule has 0 aliphatic heterocycles. The summed E-state index contributed by atoms with van der Waals surface area (Å²) in [6.07, 6.45) is 4.00. The lowest BCUT2D eigenvalue weighted by Gasteiger charge is -2.38. The summed E-state index contributed by atoms with van der Waals surface area (Å²) in [6.45, 7) is 7.99. The third kappa shape index (κ3) is 3.19. The molecular formula is C10H20N2O. The van der Waals surface area contributed by atoms with Crippen LogP contribution in [-0.2, 0) is 4.79 Å². The molecule has 1 atom stereocenters. The van der Waals surface area contributed by atoms with Gasteiger partial charge in [0.15, 0.2) is 0 Å². The zero-order chi connectivity index (χ0) is 10.7. The summed E-state index contributed by atoms with van der Waals surface area (Å²) >= 11 is 0. The lowest BCUT2D eigenvalue weighted by atomic mass is 9.72. The van der Waals surface area contributed by atoms with Gasteiger partial charge in [-0.05, 0) is 19.4 Å². The van der Waals surface area contributed by atoms with Crippen molar-refractivity contribution < 1.29 is 4.79 Å². The fourth-order valence-corrected chi connectivity index (χ4v) is 0.936. The van der Waals surface area contributed by atoms with Crippen LogP contribution in [0, 0.1) is 5.41 Å². The van der Waals surface area contributed by atoms with Gasteiger partial charge in [-0.15, -0.1) is 0 Å². The predicted molar refractivity (Wildman–Crippen MR) is 55.0 cm³/mol. The molecular weight excluding hydrogens is 164 g/mol. The maximum absolute atomic E-state index is 10.6. The van der Waals surface area contributed by atoms with E-state index in [0.717, 1.165) is 6.42 Å². The number of primary amides is 1. The molecule has 0 rings (SSSR count). The SMILES string of the molecule is CCC(C)(N)C(C)(C)/C=C/C(N)=O. The fourth-order valence-electron chi connectivity index (χ4n) is 0.936. The Kier molecular flexibility index (Phi) is 3.67. The predicted octanol–water partition coefficient (Wildman–Crippen LogP) is 1.18. The Bertz CT molecular complexity index is 217. The van der Waals surface area contributed by atoms with Crippen molar-refractivity contribution in [1.29, 1.82) is 0 Å². The molecule has 1 unspecified atom stereocenters. The van der Waals surface area contributed by atoms with E-state index in [4.69, 9.17) is 11.5 Å². The van der Waals surface area contributed by atoms with Gasteiger partial charge in [0.1, 0.15) is 0 Å². The van der Waals surface area contributed by atoms with Crippen molar-refractivity contribution in [2.75, 3.05) is 0 Å². The van der Waals surface area contributed by atoms with E-state index >= 15 is 0 Å². The topological polar surface area (TPSA) is 69.1 Å². The Labute approximate surface area is 80.2 Å². The van der Waals surface area contributed by atoms with E-state index in [-0.39, 0.29) is 11.0 Å². The molecule has 0 aromatic carbocycles. The van der Waals surface area contributed by atoms with Crippen molar-refractivity contribution in [1.82, 2.24) is 0 Å². The minimum atomic E-state index is -0.431. The van der Waals surface area contributed by atoms with Gasteiger partial charge in [0.2, 0.25) is 5.91 Å². The largest absolute Gasteiger partial charge is 0.366 e. The van der Waals surface area contributed by atoms with E-state index in [0.29, 0.717) is 0 Å². The summed E-state index contributed by atoms with van der Waals surface area (Å²) < 4.78 is 0. The van der Waals surface area contributed by atoms with Gasteiger partial charge in [0.25, 0.3) is 0 Å². The van der Waals surface area contributed by atoms with Crippen LogP contribution in [0.15, 0.2) is 12.2 Å². The van der Waals surface area contributed by atoms with Gasteiger partial charge in [0.05, 0.1) is 0 Å². The standard InChI is InChI=1S/C10H20N2O/c1-5-10(4,12)9(2,3)7-6-8(11)13/h6-7H,5,12H2,1-4H3,(H2,11,13)/b7-6+. The zero-order valence-corrected chi connectivity index (χ0v) is 8.92. The zero-order valence-electron chi connectivity index (χ0n) is 8.92. The number of carbonyl (C=O) groups is 1. The molecule has 0 heterocycles. The molecule has 0 aromatic rings. The Morgan fingerprint density at radius 3 is 2.15 bits per heavy atom. The quantitative estimate of drug-likeness (QED) is 0.644. The number of hydrogen-bond acceptors (Lipinski definition) is 2. The van der Waals surface area contributed by atoms with Crippen LogP contribution in [0.5, 0.6) is 0 Å². The van der Waals surface area contributed by atoms with Crippen molar-refractivity contribution >= 4 is 5.91 Å². The summed E-state index contributed by atoms with van der Waals surface area (Å²) in [6, 6.07) is 0. The average Bonchev–Trinajstić information content (AvgIpc) is 2.01. The number of carbonyl (C=O) groups excluding carboxylic acids is 1. The molecule has 0 bridgehead atoms. The van der Waals surface area contributed by atoms with Gasteiger partial charge in [-0.2, -0.15) is 0 Å². The Morgan fingerprint density at radius 1 is 1.38 bits per heavy atom. The summed E-state index contributed by atoms with van der Waals surface area (Å²) in [5.41, 5.74) is 10.5. The molecule has 4 N–H and O–H groups in total. The van der Waals surface area contributed by atoms with Crippen LogP contribution in [-0.4, -0.2) is 11.4 Å². The molecule has 1 amide bonds. The molecule has 0 aliphatic rings. The highest BCUT2D eigenvalue weighted by Gasteiger charge is 2.33. The number of rotatable bonds is 4. The van der Waals surface area contributed by atoms with Crippen molar-refractivity contribution in [3.63, 3.8) is 0 Å². The third-order valence-electron chi connectivity index (χ3n) is 2.87. The Balaban J connectivity index is 4.66. The van der Waals surface area contributed by atoms with Crippen LogP contribution >= 0.6 is 0 Å². The molecule has 0 aromatic heterocycles. The highest BCUT2D eigenvalue weighted by Crippen LogP contribution is 2.32. The van der Waals surface area contributed by atoms with Crippen LogP contribution in [0.1, 0.15) is 34.1 Å². The normalized spacial score (nSPS) is 17.3. The molecule has 0 fully saturated rings. The van der Waals surface area contributed by atoms with Crippen molar-refractivity contribution in [2.24, 2.45) is 16.9 Å². The third-order valence-corrected chi connectivity index (χ3v) is 2.87. The minimum Gasteiger partial charge on any atom is -0.366 e. The summed E-state index contributed by atoms with van der Waals surface area (Å²) in [7, 11) is 0. The van der Waals surface area contributed by atoms with Crippen molar-refractivity contribution in [2.45, 2.75) is 39.7 Å². The molecule has 13 heavy (non-hydrogen) atoms. The monoisotopic (exact) mass is 184 g/mol. The van der Waals surface area contributed by atoms with Crippen molar-refractivity contribution in [3.05, 3.63) is 12.2 Å². The van der Waals surface area contributed by atoms with Gasteiger partial charge in [-0.25, -0.2) is 0 Å². The van der Waals surface area contributed by atoms with E-state index in [1.165, 1.54) is 6.08 Å². The number of nitrogens with two attached hydrogens (primary N) is 2. The molecule has 0 spiro atoms. The number of amides is 1. The van der Waals surface area contributed by atoms with Gasteiger partial charge in [0, 0.05) is 11.0 Å². The van der Waals surface area contributed by atoms with E-state index in [1.54, 1.807) is 6.08 Å². The lowest BCUT2D eigenvalue weighted by molar-refractivity contribution is -0.113. The molecule has 0 radical (unpaired) electrons. The van der Waals surface area contributed by atoms with Crippen molar-refractivity contribution in [3.8, 4) is 0 Å². The average molecular weight is 184 g/mol. The second kappa shape index (κ2) is 3.92. The maximum atomic E-state index is 10.6. The highest BCUT2D eigenvalue weighted by molar-refractivity contribution is 5.85. The second-order valence-electron chi connectivity index (χ2n) is 4.23. The van der Waals surface area contributed by atoms with Gasteiger partial charge in [-0.1, -0.05) is 26.8 Å². The van der Waals surface area contributed by atoms with E-state index in [2.05, 4.69) is 0 Å². The Hall–Kier alpha value is -0.830. The first-order valence-corrected chi connectivity index (χ1v) is 4.50. The number of hydrogen-bond donors (Lipinski definition) is 2. The molecule has 0 aliphatic carbocycles. The van der Waals surface area contributed by atoms with Gasteiger partial charge in [-0.3, -0.25) is 4.79 Å². The highest BCUT2D eigenvalue weighted by atomic mass is 16.1. The summed E-state index contributed by atoms with van der Waals surface area (Å²) in [5.74, 6) is -0.431. The summed E-state index contributed by atoms with van der Waals surface area (Å²) in [5, 5.41) is 0. The van der Waals surface area contributed by atoms with E-state index < -0.39 is 5.91 Å². The first kappa shape index (κ1) is 12.2. The summed E-state index contributed by atoms with van der Waals surface area (Å²) in [4.78, 5) is 10.6. The van der Waals surface area contributed by atoms with Crippen LogP contribution in [0.4, 0.5) is 0 Å². The van der Waals surface area contributed by atoms with Gasteiger partial charge < -0.3 is 11.5 Å². The maximum Gasteiger partial charge on any atom is 0.241 e. The smallest absolute Gasteiger partial charge is 0.241 e.